The number of ether oxygens (including phenoxy) is 1. The maximum atomic E-state index is 12.4. The average molecular weight is 479 g/mol. The van der Waals surface area contributed by atoms with Gasteiger partial charge in [-0.1, -0.05) is 6.07 Å². The number of carbonyl (C=O) groups excluding carboxylic acids is 3. The zero-order valence-electron chi connectivity index (χ0n) is 17.8. The number of nitro groups is 1. The van der Waals surface area contributed by atoms with Crippen molar-refractivity contribution in [3.05, 3.63) is 64.2 Å². The molecule has 0 aliphatic heterocycles. The summed E-state index contributed by atoms with van der Waals surface area (Å²) in [5.41, 5.74) is -0.431. The van der Waals surface area contributed by atoms with Gasteiger partial charge in [0.15, 0.2) is 6.10 Å². The summed E-state index contributed by atoms with van der Waals surface area (Å²) in [6, 6.07) is 8.17. The van der Waals surface area contributed by atoms with Crippen LogP contribution in [-0.4, -0.2) is 43.4 Å². The number of hydrogen-bond acceptors (Lipinski definition) is 9. The Kier molecular flexibility index (Phi) is 8.07. The Morgan fingerprint density at radius 1 is 1.03 bits per heavy atom. The van der Waals surface area contributed by atoms with Crippen molar-refractivity contribution in [1.82, 2.24) is 10.6 Å². The molecule has 2 aromatic carbocycles. The van der Waals surface area contributed by atoms with Crippen LogP contribution in [0.1, 0.15) is 31.1 Å². The van der Waals surface area contributed by atoms with E-state index in [1.807, 2.05) is 5.32 Å². The lowest BCUT2D eigenvalue weighted by Crippen LogP contribution is -2.46. The van der Waals surface area contributed by atoms with Gasteiger partial charge in [0.2, 0.25) is 0 Å². The van der Waals surface area contributed by atoms with Crippen LogP contribution in [0.5, 0.6) is 5.75 Å². The molecule has 0 spiro atoms. The zero-order valence-corrected chi connectivity index (χ0v) is 18.6. The van der Waals surface area contributed by atoms with E-state index in [4.69, 9.17) is 8.92 Å². The summed E-state index contributed by atoms with van der Waals surface area (Å²) in [7, 11) is -4.36. The van der Waals surface area contributed by atoms with Gasteiger partial charge in [-0.15, -0.1) is 0 Å². The van der Waals surface area contributed by atoms with E-state index >= 15 is 0 Å². The van der Waals surface area contributed by atoms with E-state index in [2.05, 4.69) is 5.32 Å². The molecular weight excluding hydrogens is 458 g/mol. The van der Waals surface area contributed by atoms with Crippen LogP contribution in [0.3, 0.4) is 0 Å². The Labute approximate surface area is 189 Å². The van der Waals surface area contributed by atoms with Gasteiger partial charge in [0, 0.05) is 18.2 Å². The van der Waals surface area contributed by atoms with Crippen molar-refractivity contribution in [3.8, 4) is 5.75 Å². The summed E-state index contributed by atoms with van der Waals surface area (Å²) in [6.45, 7) is 4.69. The predicted molar refractivity (Wildman–Crippen MR) is 114 cm³/mol. The van der Waals surface area contributed by atoms with E-state index in [0.717, 1.165) is 18.2 Å². The fourth-order valence-electron chi connectivity index (χ4n) is 2.37. The Bertz CT molecular complexity index is 1160. The number of urea groups is 1. The first kappa shape index (κ1) is 25.3. The number of imide groups is 1. The molecule has 1 atom stereocenters. The van der Waals surface area contributed by atoms with Gasteiger partial charge in [-0.25, -0.2) is 9.59 Å². The van der Waals surface area contributed by atoms with E-state index < -0.39 is 49.6 Å². The summed E-state index contributed by atoms with van der Waals surface area (Å²) in [6.07, 6.45) is -1.28. The minimum Gasteiger partial charge on any atom is -0.449 e. The molecule has 0 heterocycles. The smallest absolute Gasteiger partial charge is 0.339 e. The molecule has 2 aromatic rings. The normalized spacial score (nSPS) is 11.9. The van der Waals surface area contributed by atoms with Crippen molar-refractivity contribution >= 4 is 33.7 Å². The van der Waals surface area contributed by atoms with Crippen molar-refractivity contribution < 1.29 is 36.6 Å². The molecule has 176 valence electrons. The Morgan fingerprint density at radius 3 is 2.24 bits per heavy atom. The first-order valence-electron chi connectivity index (χ1n) is 9.50. The maximum absolute atomic E-state index is 12.4. The quantitative estimate of drug-likeness (QED) is 0.249. The van der Waals surface area contributed by atoms with Gasteiger partial charge < -0.3 is 14.2 Å². The Hall–Kier alpha value is -4.00. The monoisotopic (exact) mass is 479 g/mol. The molecule has 0 aliphatic carbocycles. The van der Waals surface area contributed by atoms with Crippen molar-refractivity contribution in [3.63, 3.8) is 0 Å². The first-order valence-corrected chi connectivity index (χ1v) is 10.9. The summed E-state index contributed by atoms with van der Waals surface area (Å²) in [5.74, 6) is -1.88. The molecule has 2 N–H and O–H groups in total. The molecule has 0 radical (unpaired) electrons. The predicted octanol–water partition coefficient (Wildman–Crippen LogP) is 2.14. The van der Waals surface area contributed by atoms with Crippen molar-refractivity contribution in [1.29, 1.82) is 0 Å². The Balaban J connectivity index is 2.02. The fraction of sp³-hybridized carbons (Fsp3) is 0.250. The van der Waals surface area contributed by atoms with Gasteiger partial charge in [0.05, 0.1) is 10.5 Å². The topological polar surface area (TPSA) is 171 Å². The van der Waals surface area contributed by atoms with Crippen LogP contribution in [-0.2, 0) is 19.6 Å². The lowest BCUT2D eigenvalue weighted by atomic mass is 10.2. The number of esters is 1. The highest BCUT2D eigenvalue weighted by atomic mass is 32.2. The van der Waals surface area contributed by atoms with Gasteiger partial charge in [-0.3, -0.25) is 20.2 Å². The molecule has 0 fully saturated rings. The number of hydrogen-bond donors (Lipinski definition) is 2. The average Bonchev–Trinajstić information content (AvgIpc) is 2.73. The van der Waals surface area contributed by atoms with E-state index in [0.29, 0.717) is 0 Å². The van der Waals surface area contributed by atoms with Crippen LogP contribution in [0.25, 0.3) is 0 Å². The number of nitrogens with zero attached hydrogens (tertiary/aromatic N) is 1. The van der Waals surface area contributed by atoms with Crippen molar-refractivity contribution in [2.45, 2.75) is 37.8 Å². The molecule has 1 unspecified atom stereocenters. The Morgan fingerprint density at radius 2 is 1.67 bits per heavy atom. The lowest BCUT2D eigenvalue weighted by Gasteiger charge is -2.14. The van der Waals surface area contributed by atoms with Crippen LogP contribution in [0.2, 0.25) is 0 Å². The van der Waals surface area contributed by atoms with Crippen molar-refractivity contribution in [2.75, 3.05) is 0 Å². The van der Waals surface area contributed by atoms with Crippen LogP contribution >= 0.6 is 0 Å². The lowest BCUT2D eigenvalue weighted by molar-refractivity contribution is -0.385. The summed E-state index contributed by atoms with van der Waals surface area (Å²) in [5, 5.41) is 15.3. The third kappa shape index (κ3) is 7.28. The highest BCUT2D eigenvalue weighted by Gasteiger charge is 2.22. The SMILES string of the molecule is CC(C)NC(=O)NC(=O)C(C)OC(=O)c1ccc(OS(=O)(=O)c2cccc([N+](=O)[O-])c2)cc1. The number of nitro benzene ring substituents is 1. The second-order valence-electron chi connectivity index (χ2n) is 6.98. The highest BCUT2D eigenvalue weighted by molar-refractivity contribution is 7.87. The standard InChI is InChI=1S/C20H21N3O9S/c1-12(2)21-20(26)22-18(24)13(3)31-19(25)14-7-9-16(10-8-14)32-33(29,30)17-6-4-5-15(11-17)23(27)28/h4-13H,1-3H3,(H2,21,22,24,26). The minimum absolute atomic E-state index is 0.0126. The molecule has 3 amide bonds. The number of benzene rings is 2. The van der Waals surface area contributed by atoms with Gasteiger partial charge in [0.1, 0.15) is 10.6 Å². The molecule has 0 saturated carbocycles. The number of nitrogens with one attached hydrogen (secondary N) is 2. The molecule has 0 saturated heterocycles. The fourth-order valence-corrected chi connectivity index (χ4v) is 3.34. The van der Waals surface area contributed by atoms with Crippen LogP contribution in [0, 0.1) is 10.1 Å². The second kappa shape index (κ2) is 10.5. The molecule has 13 heteroatoms. The molecule has 33 heavy (non-hydrogen) atoms. The van der Waals surface area contributed by atoms with E-state index in [-0.39, 0.29) is 17.4 Å². The molecule has 0 aromatic heterocycles. The summed E-state index contributed by atoms with van der Waals surface area (Å²) >= 11 is 0. The highest BCUT2D eigenvalue weighted by Crippen LogP contribution is 2.22. The van der Waals surface area contributed by atoms with E-state index in [1.54, 1.807) is 13.8 Å². The molecular formula is C20H21N3O9S. The minimum atomic E-state index is -4.36. The molecule has 0 bridgehead atoms. The molecule has 2 rings (SSSR count). The first-order chi connectivity index (χ1) is 15.4. The third-order valence-electron chi connectivity index (χ3n) is 3.92. The van der Waals surface area contributed by atoms with E-state index in [9.17, 15) is 32.9 Å². The summed E-state index contributed by atoms with van der Waals surface area (Å²) in [4.78, 5) is 45.4. The van der Waals surface area contributed by atoms with E-state index in [1.165, 1.54) is 37.3 Å². The molecule has 12 nitrogen and oxygen atoms in total. The van der Waals surface area contributed by atoms with Crippen LogP contribution in [0.4, 0.5) is 10.5 Å². The number of carbonyl (C=O) groups is 3. The van der Waals surface area contributed by atoms with Gasteiger partial charge in [0.25, 0.3) is 11.6 Å². The number of rotatable bonds is 8. The number of non-ortho nitro benzene ring substituents is 1. The largest absolute Gasteiger partial charge is 0.449 e. The van der Waals surface area contributed by atoms with Gasteiger partial charge in [-0.05, 0) is 51.1 Å². The van der Waals surface area contributed by atoms with Crippen LogP contribution in [0.15, 0.2) is 53.4 Å². The third-order valence-corrected chi connectivity index (χ3v) is 5.17. The second-order valence-corrected chi connectivity index (χ2v) is 8.53. The van der Waals surface area contributed by atoms with Gasteiger partial charge in [-0.2, -0.15) is 8.42 Å². The molecule has 0 aliphatic rings. The van der Waals surface area contributed by atoms with Crippen LogP contribution < -0.4 is 14.8 Å². The number of amides is 3. The maximum Gasteiger partial charge on any atom is 0.339 e. The summed E-state index contributed by atoms with van der Waals surface area (Å²) < 4.78 is 34.7. The van der Waals surface area contributed by atoms with Crippen molar-refractivity contribution in [2.24, 2.45) is 0 Å². The zero-order chi connectivity index (χ0) is 24.8. The van der Waals surface area contributed by atoms with Gasteiger partial charge >= 0.3 is 22.1 Å².